The standard InChI is InChI=1S/C10H7Br2NS/c1-6-13-9(10(12)14-6)7-2-4-8(11)5-3-7/h2-5H,1H3. The van der Waals surface area contributed by atoms with Gasteiger partial charge in [0.15, 0.2) is 0 Å². The maximum absolute atomic E-state index is 4.47. The van der Waals surface area contributed by atoms with Crippen LogP contribution < -0.4 is 0 Å². The lowest BCUT2D eigenvalue weighted by atomic mass is 10.2. The molecule has 0 N–H and O–H groups in total. The Kier molecular flexibility index (Phi) is 3.04. The van der Waals surface area contributed by atoms with Gasteiger partial charge in [-0.2, -0.15) is 0 Å². The molecule has 0 aliphatic heterocycles. The summed E-state index contributed by atoms with van der Waals surface area (Å²) in [5.74, 6) is 0. The van der Waals surface area contributed by atoms with Gasteiger partial charge in [-0.05, 0) is 35.0 Å². The SMILES string of the molecule is Cc1nc(-c2ccc(Br)cc2)c(Br)s1. The summed E-state index contributed by atoms with van der Waals surface area (Å²) in [6.07, 6.45) is 0. The Morgan fingerprint density at radius 2 is 1.79 bits per heavy atom. The minimum absolute atomic E-state index is 1.03. The summed E-state index contributed by atoms with van der Waals surface area (Å²) in [7, 11) is 0. The molecule has 0 unspecified atom stereocenters. The third kappa shape index (κ3) is 2.07. The van der Waals surface area contributed by atoms with E-state index in [0.717, 1.165) is 24.5 Å². The molecule has 1 heterocycles. The van der Waals surface area contributed by atoms with Crippen LogP contribution in [0.3, 0.4) is 0 Å². The van der Waals surface area contributed by atoms with Gasteiger partial charge in [0.05, 0.1) is 14.5 Å². The number of rotatable bonds is 1. The van der Waals surface area contributed by atoms with Crippen LogP contribution in [0.15, 0.2) is 32.5 Å². The minimum Gasteiger partial charge on any atom is -0.240 e. The lowest BCUT2D eigenvalue weighted by Gasteiger charge is -1.97. The Morgan fingerprint density at radius 1 is 1.14 bits per heavy atom. The zero-order chi connectivity index (χ0) is 10.1. The third-order valence-electron chi connectivity index (χ3n) is 1.81. The van der Waals surface area contributed by atoms with Crippen LogP contribution in [0.25, 0.3) is 11.3 Å². The zero-order valence-corrected chi connectivity index (χ0v) is 11.4. The minimum atomic E-state index is 1.03. The lowest BCUT2D eigenvalue weighted by Crippen LogP contribution is -1.78. The molecular weight excluding hydrogens is 326 g/mol. The molecule has 0 amide bonds. The molecule has 1 nitrogen and oxygen atoms in total. The number of halogens is 2. The predicted molar refractivity (Wildman–Crippen MR) is 67.7 cm³/mol. The van der Waals surface area contributed by atoms with Crippen molar-refractivity contribution in [1.82, 2.24) is 4.98 Å². The van der Waals surface area contributed by atoms with Crippen molar-refractivity contribution in [2.45, 2.75) is 6.92 Å². The van der Waals surface area contributed by atoms with Gasteiger partial charge < -0.3 is 0 Å². The van der Waals surface area contributed by atoms with E-state index in [4.69, 9.17) is 0 Å². The summed E-state index contributed by atoms with van der Waals surface area (Å²) in [5, 5.41) is 1.08. The fourth-order valence-electron chi connectivity index (χ4n) is 1.19. The predicted octanol–water partition coefficient (Wildman–Crippen LogP) is 4.64. The van der Waals surface area contributed by atoms with Crippen LogP contribution in [-0.2, 0) is 0 Å². The van der Waals surface area contributed by atoms with Gasteiger partial charge in [-0.3, -0.25) is 0 Å². The molecule has 0 aliphatic rings. The number of nitrogens with zero attached hydrogens (tertiary/aromatic N) is 1. The second-order valence-electron chi connectivity index (χ2n) is 2.86. The fourth-order valence-corrected chi connectivity index (χ4v) is 3.13. The maximum Gasteiger partial charge on any atom is 0.0979 e. The molecule has 4 heteroatoms. The lowest BCUT2D eigenvalue weighted by molar-refractivity contribution is 1.29. The van der Waals surface area contributed by atoms with Crippen molar-refractivity contribution in [3.63, 3.8) is 0 Å². The van der Waals surface area contributed by atoms with Crippen molar-refractivity contribution in [3.05, 3.63) is 37.5 Å². The smallest absolute Gasteiger partial charge is 0.0979 e. The highest BCUT2D eigenvalue weighted by molar-refractivity contribution is 9.11. The normalized spacial score (nSPS) is 10.5. The van der Waals surface area contributed by atoms with Crippen molar-refractivity contribution >= 4 is 43.2 Å². The van der Waals surface area contributed by atoms with E-state index in [9.17, 15) is 0 Å². The number of hydrogen-bond acceptors (Lipinski definition) is 2. The maximum atomic E-state index is 4.47. The van der Waals surface area contributed by atoms with Crippen molar-refractivity contribution in [1.29, 1.82) is 0 Å². The van der Waals surface area contributed by atoms with Crippen LogP contribution in [0.2, 0.25) is 0 Å². The molecule has 0 spiro atoms. The number of aromatic nitrogens is 1. The van der Waals surface area contributed by atoms with Crippen LogP contribution in [0.5, 0.6) is 0 Å². The van der Waals surface area contributed by atoms with E-state index in [1.807, 2.05) is 19.1 Å². The topological polar surface area (TPSA) is 12.9 Å². The molecule has 72 valence electrons. The largest absolute Gasteiger partial charge is 0.240 e. The molecule has 14 heavy (non-hydrogen) atoms. The fraction of sp³-hybridized carbons (Fsp3) is 0.100. The molecule has 0 fully saturated rings. The molecule has 0 aliphatic carbocycles. The Balaban J connectivity index is 2.49. The Labute approximate surface area is 103 Å². The highest BCUT2D eigenvalue weighted by atomic mass is 79.9. The highest BCUT2D eigenvalue weighted by Gasteiger charge is 2.07. The molecule has 1 aromatic heterocycles. The first kappa shape index (κ1) is 10.3. The van der Waals surface area contributed by atoms with Gasteiger partial charge in [0.1, 0.15) is 0 Å². The van der Waals surface area contributed by atoms with Crippen molar-refractivity contribution in [2.75, 3.05) is 0 Å². The molecule has 0 atom stereocenters. The van der Waals surface area contributed by atoms with E-state index < -0.39 is 0 Å². The van der Waals surface area contributed by atoms with Crippen LogP contribution in [0.1, 0.15) is 5.01 Å². The molecule has 0 saturated heterocycles. The number of thiazole rings is 1. The number of aryl methyl sites for hydroxylation is 1. The van der Waals surface area contributed by atoms with E-state index in [1.54, 1.807) is 11.3 Å². The van der Waals surface area contributed by atoms with E-state index >= 15 is 0 Å². The van der Waals surface area contributed by atoms with Crippen molar-refractivity contribution in [3.8, 4) is 11.3 Å². The van der Waals surface area contributed by atoms with Gasteiger partial charge in [0.25, 0.3) is 0 Å². The first-order chi connectivity index (χ1) is 6.66. The van der Waals surface area contributed by atoms with Crippen molar-refractivity contribution < 1.29 is 0 Å². The van der Waals surface area contributed by atoms with Gasteiger partial charge in [-0.25, -0.2) is 4.98 Å². The van der Waals surface area contributed by atoms with E-state index in [0.29, 0.717) is 0 Å². The molecule has 0 radical (unpaired) electrons. The Morgan fingerprint density at radius 3 is 2.29 bits per heavy atom. The molecular formula is C10H7Br2NS. The quantitative estimate of drug-likeness (QED) is 0.741. The molecule has 2 aromatic rings. The summed E-state index contributed by atoms with van der Waals surface area (Å²) in [4.78, 5) is 4.47. The number of benzene rings is 1. The van der Waals surface area contributed by atoms with E-state index in [-0.39, 0.29) is 0 Å². The summed E-state index contributed by atoms with van der Waals surface area (Å²) in [5.41, 5.74) is 2.17. The molecule has 0 bridgehead atoms. The van der Waals surface area contributed by atoms with E-state index in [2.05, 4.69) is 49.0 Å². The van der Waals surface area contributed by atoms with Gasteiger partial charge >= 0.3 is 0 Å². The van der Waals surface area contributed by atoms with Crippen LogP contribution >= 0.6 is 43.2 Å². The second kappa shape index (κ2) is 4.13. The van der Waals surface area contributed by atoms with Crippen molar-refractivity contribution in [2.24, 2.45) is 0 Å². The highest BCUT2D eigenvalue weighted by Crippen LogP contribution is 2.32. The molecule has 0 saturated carbocycles. The average Bonchev–Trinajstić information content (AvgIpc) is 2.47. The zero-order valence-electron chi connectivity index (χ0n) is 7.42. The summed E-state index contributed by atoms with van der Waals surface area (Å²) < 4.78 is 2.18. The third-order valence-corrected chi connectivity index (χ3v) is 3.96. The number of hydrogen-bond donors (Lipinski definition) is 0. The summed E-state index contributed by atoms with van der Waals surface area (Å²) in [6, 6.07) is 8.17. The van der Waals surface area contributed by atoms with Gasteiger partial charge in [0.2, 0.25) is 0 Å². The Bertz CT molecular complexity index is 448. The summed E-state index contributed by atoms with van der Waals surface area (Å²) in [6.45, 7) is 2.01. The van der Waals surface area contributed by atoms with Gasteiger partial charge in [-0.1, -0.05) is 28.1 Å². The van der Waals surface area contributed by atoms with Gasteiger partial charge in [0, 0.05) is 10.0 Å². The molecule has 1 aromatic carbocycles. The van der Waals surface area contributed by atoms with Gasteiger partial charge in [-0.15, -0.1) is 11.3 Å². The first-order valence-electron chi connectivity index (χ1n) is 4.05. The van der Waals surface area contributed by atoms with Crippen LogP contribution in [0.4, 0.5) is 0 Å². The van der Waals surface area contributed by atoms with E-state index in [1.165, 1.54) is 0 Å². The molecule has 2 rings (SSSR count). The monoisotopic (exact) mass is 331 g/mol. The summed E-state index contributed by atoms with van der Waals surface area (Å²) >= 11 is 8.59. The van der Waals surface area contributed by atoms with Crippen LogP contribution in [0, 0.1) is 6.92 Å². The second-order valence-corrected chi connectivity index (χ2v) is 6.30. The Hall–Kier alpha value is -0.190. The first-order valence-corrected chi connectivity index (χ1v) is 6.46. The average molecular weight is 333 g/mol. The van der Waals surface area contributed by atoms with Crippen LogP contribution in [-0.4, -0.2) is 4.98 Å².